The standard InChI is InChI=1S/C12H13N7O2S/c1-3-9-8(6-21-11-13-4-5-22-11)10(15-7-14-9)19-12(20)18(2)16-17-19/h4-5,7H,3,6H2,1-2H3/i4T. The van der Waals surface area contributed by atoms with Crippen molar-refractivity contribution in [2.24, 2.45) is 7.05 Å². The second-order valence-electron chi connectivity index (χ2n) is 4.30. The van der Waals surface area contributed by atoms with Crippen molar-refractivity contribution in [2.75, 3.05) is 0 Å². The Morgan fingerprint density at radius 3 is 2.86 bits per heavy atom. The van der Waals surface area contributed by atoms with Crippen molar-refractivity contribution >= 4 is 11.3 Å². The van der Waals surface area contributed by atoms with Gasteiger partial charge in [-0.05, 0) is 16.8 Å². The van der Waals surface area contributed by atoms with Crippen LogP contribution in [-0.2, 0) is 20.1 Å². The van der Waals surface area contributed by atoms with E-state index >= 15 is 0 Å². The fourth-order valence-electron chi connectivity index (χ4n) is 1.90. The zero-order chi connectivity index (χ0) is 16.4. The number of tetrazole rings is 1. The minimum atomic E-state index is -0.408. The topological polar surface area (TPSA) is 101 Å². The lowest BCUT2D eigenvalue weighted by Gasteiger charge is -2.10. The van der Waals surface area contributed by atoms with E-state index in [0.717, 1.165) is 15.1 Å². The quantitative estimate of drug-likeness (QED) is 0.668. The Morgan fingerprint density at radius 2 is 2.23 bits per heavy atom. The number of aryl methyl sites for hydroxylation is 2. The van der Waals surface area contributed by atoms with E-state index in [1.807, 2.05) is 6.92 Å². The molecular weight excluding hydrogens is 306 g/mol. The van der Waals surface area contributed by atoms with Crippen LogP contribution in [0.3, 0.4) is 0 Å². The molecule has 0 N–H and O–H groups in total. The van der Waals surface area contributed by atoms with Crippen LogP contribution in [0.4, 0.5) is 0 Å². The summed E-state index contributed by atoms with van der Waals surface area (Å²) in [4.78, 5) is 24.4. The molecule has 9 nitrogen and oxygen atoms in total. The Balaban J connectivity index is 2.00. The first-order chi connectivity index (χ1) is 11.1. The van der Waals surface area contributed by atoms with Crippen LogP contribution in [0.2, 0.25) is 0 Å². The van der Waals surface area contributed by atoms with Crippen LogP contribution >= 0.6 is 11.3 Å². The van der Waals surface area contributed by atoms with Crippen LogP contribution < -0.4 is 10.4 Å². The van der Waals surface area contributed by atoms with Crippen LogP contribution in [-0.4, -0.2) is 34.7 Å². The smallest absolute Gasteiger partial charge is 0.369 e. The Hall–Kier alpha value is -2.62. The normalized spacial score (nSPS) is 11.5. The third-order valence-electron chi connectivity index (χ3n) is 2.98. The van der Waals surface area contributed by atoms with E-state index in [4.69, 9.17) is 6.11 Å². The Labute approximate surface area is 130 Å². The molecule has 0 aliphatic rings. The molecule has 22 heavy (non-hydrogen) atoms. The van der Waals surface area contributed by atoms with E-state index in [1.165, 1.54) is 24.7 Å². The fourth-order valence-corrected chi connectivity index (χ4v) is 2.34. The molecule has 3 heterocycles. The second kappa shape index (κ2) is 6.02. The number of hydrogen-bond donors (Lipinski definition) is 0. The Kier molecular flexibility index (Phi) is 3.57. The summed E-state index contributed by atoms with van der Waals surface area (Å²) in [6.07, 6.45) is 2.17. The second-order valence-corrected chi connectivity index (χ2v) is 5.12. The maximum atomic E-state index is 12.1. The summed E-state index contributed by atoms with van der Waals surface area (Å²) in [6.45, 7) is 2.07. The van der Waals surface area contributed by atoms with Gasteiger partial charge in [0.05, 0.1) is 12.6 Å². The summed E-state index contributed by atoms with van der Waals surface area (Å²) in [5.74, 6) is 0.331. The van der Waals surface area contributed by atoms with Gasteiger partial charge in [-0.25, -0.2) is 19.7 Å². The summed E-state index contributed by atoms with van der Waals surface area (Å²) < 4.78 is 15.2. The molecule has 0 fully saturated rings. The fraction of sp³-hybridized carbons (Fsp3) is 0.333. The molecule has 0 unspecified atom stereocenters. The number of ether oxygens (including phenoxy) is 1. The van der Waals surface area contributed by atoms with Crippen molar-refractivity contribution < 1.29 is 6.11 Å². The van der Waals surface area contributed by atoms with E-state index < -0.39 is 5.69 Å². The van der Waals surface area contributed by atoms with Crippen molar-refractivity contribution in [2.45, 2.75) is 20.0 Å². The van der Waals surface area contributed by atoms with Crippen molar-refractivity contribution in [1.82, 2.24) is 34.7 Å². The molecule has 3 rings (SSSR count). The van der Waals surface area contributed by atoms with E-state index in [-0.39, 0.29) is 12.8 Å². The Bertz CT molecular complexity index is 888. The van der Waals surface area contributed by atoms with Gasteiger partial charge in [0.15, 0.2) is 5.82 Å². The first kappa shape index (κ1) is 13.1. The van der Waals surface area contributed by atoms with Gasteiger partial charge in [-0.3, -0.25) is 0 Å². The highest BCUT2D eigenvalue weighted by Gasteiger charge is 2.17. The molecule has 10 heteroatoms. The minimum Gasteiger partial charge on any atom is -0.465 e. The molecule has 0 amide bonds. The highest BCUT2D eigenvalue weighted by molar-refractivity contribution is 7.11. The maximum absolute atomic E-state index is 12.1. The van der Waals surface area contributed by atoms with Crippen LogP contribution in [0.25, 0.3) is 5.82 Å². The first-order valence-corrected chi connectivity index (χ1v) is 7.35. The number of rotatable bonds is 5. The zero-order valence-electron chi connectivity index (χ0n) is 12.9. The first-order valence-electron chi connectivity index (χ1n) is 6.97. The van der Waals surface area contributed by atoms with Crippen LogP contribution in [0.5, 0.6) is 5.19 Å². The van der Waals surface area contributed by atoms with E-state index in [1.54, 1.807) is 5.38 Å². The number of thiazole rings is 1. The monoisotopic (exact) mass is 321 g/mol. The van der Waals surface area contributed by atoms with Gasteiger partial charge in [0.25, 0.3) is 5.19 Å². The molecule has 0 aliphatic carbocycles. The third-order valence-corrected chi connectivity index (χ3v) is 3.61. The molecule has 0 saturated carbocycles. The van der Waals surface area contributed by atoms with E-state index in [2.05, 4.69) is 25.4 Å². The molecule has 0 aromatic carbocycles. The average Bonchev–Trinajstić information content (AvgIpc) is 3.11. The van der Waals surface area contributed by atoms with Crippen LogP contribution in [0.15, 0.2) is 22.7 Å². The molecule has 0 radical (unpaired) electrons. The summed E-state index contributed by atoms with van der Waals surface area (Å²) in [5.41, 5.74) is 0.976. The maximum Gasteiger partial charge on any atom is 0.369 e. The molecule has 114 valence electrons. The predicted octanol–water partition coefficient (Wildman–Crippen LogP) is 0.354. The van der Waals surface area contributed by atoms with Gasteiger partial charge in [-0.15, -0.1) is 4.68 Å². The van der Waals surface area contributed by atoms with Crippen LogP contribution in [0.1, 0.15) is 19.6 Å². The molecule has 3 aromatic rings. The molecule has 0 bridgehead atoms. The predicted molar refractivity (Wildman–Crippen MR) is 78.0 cm³/mol. The number of aromatic nitrogens is 7. The summed E-state index contributed by atoms with van der Waals surface area (Å²) in [7, 11) is 1.51. The van der Waals surface area contributed by atoms with Gasteiger partial charge >= 0.3 is 5.69 Å². The highest BCUT2D eigenvalue weighted by atomic mass is 32.1. The van der Waals surface area contributed by atoms with Gasteiger partial charge in [0.1, 0.15) is 12.9 Å². The summed E-state index contributed by atoms with van der Waals surface area (Å²) in [6, 6.07) is 0. The SMILES string of the molecule is [3H]c1csc(OCc2c(CC)ncnc2-n2nnn(C)c2=O)n1. The Morgan fingerprint density at radius 1 is 1.36 bits per heavy atom. The van der Waals surface area contributed by atoms with Gasteiger partial charge in [0.2, 0.25) is 0 Å². The van der Waals surface area contributed by atoms with Crippen molar-refractivity contribution in [3.05, 3.63) is 39.6 Å². The van der Waals surface area contributed by atoms with Crippen LogP contribution in [0, 0.1) is 0 Å². The lowest BCUT2D eigenvalue weighted by molar-refractivity contribution is 0.301. The lowest BCUT2D eigenvalue weighted by Crippen LogP contribution is -2.24. The van der Waals surface area contributed by atoms with Gasteiger partial charge in [-0.1, -0.05) is 18.3 Å². The lowest BCUT2D eigenvalue weighted by atomic mass is 10.2. The molecule has 0 aliphatic heterocycles. The third kappa shape index (κ3) is 2.60. The number of nitrogens with zero attached hydrogens (tertiary/aromatic N) is 7. The van der Waals surface area contributed by atoms with E-state index in [0.29, 0.717) is 23.0 Å². The molecule has 0 saturated heterocycles. The van der Waals surface area contributed by atoms with Gasteiger partial charge < -0.3 is 4.74 Å². The average molecular weight is 321 g/mol. The van der Waals surface area contributed by atoms with Gasteiger partial charge in [-0.2, -0.15) is 4.68 Å². The minimum absolute atomic E-state index is 0.120. The molecule has 0 atom stereocenters. The summed E-state index contributed by atoms with van der Waals surface area (Å²) in [5, 5.41) is 9.45. The van der Waals surface area contributed by atoms with Crippen molar-refractivity contribution in [3.63, 3.8) is 0 Å². The zero-order valence-corrected chi connectivity index (χ0v) is 12.7. The van der Waals surface area contributed by atoms with Crippen molar-refractivity contribution in [3.8, 4) is 11.0 Å². The largest absolute Gasteiger partial charge is 0.465 e. The molecular formula is C12H13N7O2S. The highest BCUT2D eigenvalue weighted by Crippen LogP contribution is 2.19. The van der Waals surface area contributed by atoms with Gasteiger partial charge in [0, 0.05) is 18.6 Å². The molecule has 0 spiro atoms. The number of hydrogen-bond acceptors (Lipinski definition) is 8. The van der Waals surface area contributed by atoms with E-state index in [9.17, 15) is 4.79 Å². The van der Waals surface area contributed by atoms with Crippen molar-refractivity contribution in [1.29, 1.82) is 0 Å². The summed E-state index contributed by atoms with van der Waals surface area (Å²) >= 11 is 1.23. The molecule has 3 aromatic heterocycles.